The molecule has 4 bridgehead atoms. The van der Waals surface area contributed by atoms with Gasteiger partial charge in [0.05, 0.1) is 24.5 Å². The number of anilines is 1. The monoisotopic (exact) mass is 340 g/mol. The number of carbonyl (C=O) groups is 1. The van der Waals surface area contributed by atoms with Crippen LogP contribution in [0.2, 0.25) is 0 Å². The van der Waals surface area contributed by atoms with E-state index in [4.69, 9.17) is 4.74 Å². The number of fused-ring (bicyclic) bond motifs is 3. The minimum Gasteiger partial charge on any atom is -0.469 e. The van der Waals surface area contributed by atoms with Gasteiger partial charge >= 0.3 is 5.97 Å². The Kier molecular flexibility index (Phi) is 3.00. The van der Waals surface area contributed by atoms with Crippen molar-refractivity contribution in [2.45, 2.75) is 36.9 Å². The maximum Gasteiger partial charge on any atom is 0.310 e. The van der Waals surface area contributed by atoms with E-state index in [0.717, 1.165) is 30.8 Å². The van der Waals surface area contributed by atoms with Crippen molar-refractivity contribution in [2.75, 3.05) is 25.5 Å². The summed E-state index contributed by atoms with van der Waals surface area (Å²) >= 11 is 0. The second-order valence-corrected chi connectivity index (χ2v) is 7.80. The summed E-state index contributed by atoms with van der Waals surface area (Å²) in [6.45, 7) is 3.71. The zero-order valence-electron chi connectivity index (χ0n) is 14.7. The number of aliphatic hydroxyl groups is 1. The van der Waals surface area contributed by atoms with E-state index in [1.165, 1.54) is 12.7 Å². The van der Waals surface area contributed by atoms with E-state index in [1.807, 2.05) is 19.1 Å². The summed E-state index contributed by atoms with van der Waals surface area (Å²) in [6, 6.07) is 8.23. The van der Waals surface area contributed by atoms with Gasteiger partial charge in [0.1, 0.15) is 5.66 Å². The number of benzene rings is 1. The Balaban J connectivity index is 1.85. The van der Waals surface area contributed by atoms with Crippen molar-refractivity contribution >= 4 is 11.7 Å². The molecule has 5 nitrogen and oxygen atoms in total. The first-order valence-electron chi connectivity index (χ1n) is 9.14. The minimum atomic E-state index is -0.614. The molecule has 4 heterocycles. The Labute approximate surface area is 147 Å². The number of para-hydroxylation sites is 1. The van der Waals surface area contributed by atoms with Gasteiger partial charge in [-0.15, -0.1) is 0 Å². The van der Waals surface area contributed by atoms with Crippen LogP contribution in [0.15, 0.2) is 35.9 Å². The Hall–Kier alpha value is -1.85. The van der Waals surface area contributed by atoms with Crippen LogP contribution in [0.5, 0.6) is 0 Å². The summed E-state index contributed by atoms with van der Waals surface area (Å²) < 4.78 is 5.30. The predicted molar refractivity (Wildman–Crippen MR) is 94.0 cm³/mol. The highest BCUT2D eigenvalue weighted by molar-refractivity contribution is 5.81. The van der Waals surface area contributed by atoms with E-state index in [1.54, 1.807) is 0 Å². The van der Waals surface area contributed by atoms with Crippen molar-refractivity contribution in [1.29, 1.82) is 0 Å². The van der Waals surface area contributed by atoms with Crippen LogP contribution in [0.3, 0.4) is 0 Å². The van der Waals surface area contributed by atoms with Crippen LogP contribution in [0.1, 0.15) is 25.3 Å². The van der Waals surface area contributed by atoms with E-state index in [2.05, 4.69) is 28.4 Å². The van der Waals surface area contributed by atoms with Crippen LogP contribution < -0.4 is 5.32 Å². The number of ether oxygens (including phenoxy) is 1. The molecule has 1 spiro atoms. The molecule has 1 unspecified atom stereocenters. The predicted octanol–water partition coefficient (Wildman–Crippen LogP) is 1.88. The standard InChI is InChI=1S/C20H24N2O3/c1-3-12-11-22-9-8-19-14-6-4-5-7-15(14)21-20(19,22)16(23)10-13(12)17(19)18(24)25-2/h3-7,13,16-17,21,23H,8-11H2,1-2H3/b12-3-/t13-,16-,17+,19-,20-/m0/s1. The molecule has 0 amide bonds. The number of hydrogen-bond acceptors (Lipinski definition) is 5. The minimum absolute atomic E-state index is 0.0267. The van der Waals surface area contributed by atoms with Crippen LogP contribution in [-0.2, 0) is 14.9 Å². The van der Waals surface area contributed by atoms with Gasteiger partial charge in [0.15, 0.2) is 0 Å². The molecule has 0 radical (unpaired) electrons. The molecule has 1 aliphatic carbocycles. The largest absolute Gasteiger partial charge is 0.469 e. The smallest absolute Gasteiger partial charge is 0.310 e. The fraction of sp³-hybridized carbons (Fsp3) is 0.550. The number of nitrogens with zero attached hydrogens (tertiary/aromatic N) is 1. The highest BCUT2D eigenvalue weighted by atomic mass is 16.5. The van der Waals surface area contributed by atoms with Crippen LogP contribution in [0.4, 0.5) is 5.69 Å². The lowest BCUT2D eigenvalue weighted by Crippen LogP contribution is -2.70. The number of hydrogen-bond donors (Lipinski definition) is 2. The number of nitrogens with one attached hydrogen (secondary N) is 1. The Morgan fingerprint density at radius 2 is 2.24 bits per heavy atom. The summed E-state index contributed by atoms with van der Waals surface area (Å²) in [4.78, 5) is 15.4. The summed E-state index contributed by atoms with van der Waals surface area (Å²) in [5, 5.41) is 15.0. The second kappa shape index (κ2) is 4.86. The Morgan fingerprint density at radius 3 is 3.00 bits per heavy atom. The van der Waals surface area contributed by atoms with Gasteiger partial charge in [-0.05, 0) is 37.3 Å². The number of aliphatic hydroxyl groups excluding tert-OH is 1. The van der Waals surface area contributed by atoms with Crippen molar-refractivity contribution in [3.8, 4) is 0 Å². The second-order valence-electron chi connectivity index (χ2n) is 7.80. The van der Waals surface area contributed by atoms with Gasteiger partial charge in [-0.2, -0.15) is 0 Å². The molecular weight excluding hydrogens is 316 g/mol. The summed E-state index contributed by atoms with van der Waals surface area (Å²) in [6.07, 6.45) is 3.07. The Bertz CT molecular complexity index is 791. The van der Waals surface area contributed by atoms with Gasteiger partial charge in [-0.3, -0.25) is 9.69 Å². The number of carbonyl (C=O) groups excluding carboxylic acids is 1. The number of allylic oxidation sites excluding steroid dienone is 1. The summed E-state index contributed by atoms with van der Waals surface area (Å²) in [5.41, 5.74) is 2.40. The maximum atomic E-state index is 13.0. The highest BCUT2D eigenvalue weighted by Gasteiger charge is 2.76. The average molecular weight is 340 g/mol. The lowest BCUT2D eigenvalue weighted by molar-refractivity contribution is -0.158. The molecule has 4 fully saturated rings. The van der Waals surface area contributed by atoms with Gasteiger partial charge in [0.25, 0.3) is 0 Å². The fourth-order valence-corrected chi connectivity index (χ4v) is 6.42. The summed E-state index contributed by atoms with van der Waals surface area (Å²) in [7, 11) is 1.48. The van der Waals surface area contributed by atoms with Gasteiger partial charge < -0.3 is 15.2 Å². The number of esters is 1. The molecular formula is C20H24N2O3. The quantitative estimate of drug-likeness (QED) is 0.604. The molecule has 6 atom stereocenters. The lowest BCUT2D eigenvalue weighted by atomic mass is 9.53. The molecule has 2 N–H and O–H groups in total. The zero-order chi connectivity index (χ0) is 17.4. The molecule has 25 heavy (non-hydrogen) atoms. The van der Waals surface area contributed by atoms with Crippen molar-refractivity contribution in [3.63, 3.8) is 0 Å². The van der Waals surface area contributed by atoms with Gasteiger partial charge in [-0.1, -0.05) is 29.8 Å². The molecule has 1 aromatic rings. The number of methoxy groups -OCH3 is 1. The van der Waals surface area contributed by atoms with Gasteiger partial charge in [-0.25, -0.2) is 0 Å². The van der Waals surface area contributed by atoms with Crippen LogP contribution in [0.25, 0.3) is 0 Å². The van der Waals surface area contributed by atoms with Gasteiger partial charge in [0.2, 0.25) is 0 Å². The van der Waals surface area contributed by atoms with E-state index < -0.39 is 17.2 Å². The molecule has 4 aliphatic heterocycles. The first-order chi connectivity index (χ1) is 12.1. The van der Waals surface area contributed by atoms with Crippen molar-refractivity contribution in [1.82, 2.24) is 4.90 Å². The fourth-order valence-electron chi connectivity index (χ4n) is 6.42. The molecule has 0 aromatic heterocycles. The summed E-state index contributed by atoms with van der Waals surface area (Å²) in [5.74, 6) is -0.391. The molecule has 6 rings (SSSR count). The third kappa shape index (κ3) is 1.51. The lowest BCUT2D eigenvalue weighted by Gasteiger charge is -2.53. The van der Waals surface area contributed by atoms with Gasteiger partial charge in [0, 0.05) is 18.8 Å². The van der Waals surface area contributed by atoms with E-state index in [0.29, 0.717) is 6.42 Å². The SMILES string of the molecule is C/C=C1/CN2CC[C@@]34c5ccccc5N[C@@]23[C@@H](O)C[C@@H]1[C@@H]4C(=O)OC. The van der Waals surface area contributed by atoms with E-state index in [9.17, 15) is 9.90 Å². The maximum absolute atomic E-state index is 13.0. The third-order valence-electron chi connectivity index (χ3n) is 7.26. The molecule has 5 aliphatic rings. The molecule has 1 aromatic carbocycles. The molecule has 132 valence electrons. The first kappa shape index (κ1) is 15.4. The van der Waals surface area contributed by atoms with Crippen molar-refractivity contribution in [2.24, 2.45) is 11.8 Å². The third-order valence-corrected chi connectivity index (χ3v) is 7.26. The average Bonchev–Trinajstić information content (AvgIpc) is 3.03. The zero-order valence-corrected chi connectivity index (χ0v) is 14.7. The Morgan fingerprint density at radius 1 is 1.44 bits per heavy atom. The topological polar surface area (TPSA) is 61.8 Å². The highest BCUT2D eigenvalue weighted by Crippen LogP contribution is 2.67. The normalized spacial score (nSPS) is 44.8. The number of rotatable bonds is 1. The molecule has 1 saturated carbocycles. The van der Waals surface area contributed by atoms with Crippen molar-refractivity contribution in [3.05, 3.63) is 41.5 Å². The van der Waals surface area contributed by atoms with E-state index >= 15 is 0 Å². The van der Waals surface area contributed by atoms with Crippen LogP contribution >= 0.6 is 0 Å². The first-order valence-corrected chi connectivity index (χ1v) is 9.14. The molecule has 3 saturated heterocycles. The van der Waals surface area contributed by atoms with E-state index in [-0.39, 0.29) is 17.8 Å². The van der Waals surface area contributed by atoms with Crippen LogP contribution in [-0.4, -0.2) is 47.9 Å². The van der Waals surface area contributed by atoms with Crippen molar-refractivity contribution < 1.29 is 14.6 Å². The molecule has 5 heteroatoms. The van der Waals surface area contributed by atoms with Crippen LogP contribution in [0, 0.1) is 11.8 Å².